The van der Waals surface area contributed by atoms with Crippen LogP contribution in [0.5, 0.6) is 0 Å². The normalized spacial score (nSPS) is 18.2. The van der Waals surface area contributed by atoms with Crippen molar-refractivity contribution in [3.8, 4) is 0 Å². The van der Waals surface area contributed by atoms with Gasteiger partial charge in [0.05, 0.1) is 6.54 Å². The van der Waals surface area contributed by atoms with Crippen LogP contribution in [0.15, 0.2) is 6.20 Å². The van der Waals surface area contributed by atoms with Crippen molar-refractivity contribution < 1.29 is 4.74 Å². The van der Waals surface area contributed by atoms with Gasteiger partial charge >= 0.3 is 0 Å². The average molecular weight is 324 g/mol. The van der Waals surface area contributed by atoms with Crippen LogP contribution in [0.2, 0.25) is 0 Å². The molecule has 1 atom stereocenters. The lowest BCUT2D eigenvalue weighted by molar-refractivity contribution is 0.111. The van der Waals surface area contributed by atoms with Gasteiger partial charge in [-0.25, -0.2) is 4.98 Å². The van der Waals surface area contributed by atoms with Crippen LogP contribution >= 0.6 is 22.7 Å². The topological polar surface area (TPSA) is 59.9 Å². The summed E-state index contributed by atoms with van der Waals surface area (Å²) in [6.07, 6.45) is 7.78. The summed E-state index contributed by atoms with van der Waals surface area (Å²) in [6, 6.07) is 0. The van der Waals surface area contributed by atoms with E-state index in [1.807, 2.05) is 6.20 Å². The number of nitrogens with one attached hydrogen (secondary N) is 1. The van der Waals surface area contributed by atoms with Gasteiger partial charge in [-0.05, 0) is 19.3 Å². The maximum absolute atomic E-state index is 5.66. The van der Waals surface area contributed by atoms with E-state index in [0.29, 0.717) is 0 Å². The molecule has 1 saturated heterocycles. The Balaban J connectivity index is 1.51. The Morgan fingerprint density at radius 3 is 3.14 bits per heavy atom. The molecule has 1 aliphatic heterocycles. The quantitative estimate of drug-likeness (QED) is 0.839. The molecule has 1 aliphatic rings. The van der Waals surface area contributed by atoms with Crippen molar-refractivity contribution in [3.05, 3.63) is 21.1 Å². The predicted octanol–water partition coefficient (Wildman–Crippen LogP) is 3.80. The van der Waals surface area contributed by atoms with E-state index >= 15 is 0 Å². The molecular weight excluding hydrogens is 304 g/mol. The molecule has 0 spiro atoms. The van der Waals surface area contributed by atoms with Crippen LogP contribution in [0.1, 0.15) is 53.6 Å². The molecule has 21 heavy (non-hydrogen) atoms. The van der Waals surface area contributed by atoms with Gasteiger partial charge in [-0.2, -0.15) is 0 Å². The van der Waals surface area contributed by atoms with Gasteiger partial charge in [0.25, 0.3) is 0 Å². The first kappa shape index (κ1) is 14.9. The fraction of sp³-hybridized carbons (Fsp3) is 0.643. The Morgan fingerprint density at radius 1 is 1.38 bits per heavy atom. The molecule has 114 valence electrons. The SMILES string of the molecule is CCCCc1nnc(NCc2cnc([C@@H]3CCCO3)s2)s1. The molecule has 1 fully saturated rings. The van der Waals surface area contributed by atoms with Crippen LogP contribution in [0.4, 0.5) is 5.13 Å². The molecule has 0 bridgehead atoms. The molecule has 0 radical (unpaired) electrons. The molecule has 0 unspecified atom stereocenters. The second-order valence-electron chi connectivity index (χ2n) is 5.12. The van der Waals surface area contributed by atoms with E-state index in [4.69, 9.17) is 4.74 Å². The Bertz CT molecular complexity index is 563. The first-order valence-corrected chi connectivity index (χ1v) is 9.11. The molecule has 7 heteroatoms. The third kappa shape index (κ3) is 3.99. The summed E-state index contributed by atoms with van der Waals surface area (Å²) in [5.74, 6) is 0. The Hall–Kier alpha value is -1.05. The van der Waals surface area contributed by atoms with E-state index in [1.165, 1.54) is 17.7 Å². The van der Waals surface area contributed by atoms with Gasteiger partial charge in [0.2, 0.25) is 5.13 Å². The van der Waals surface area contributed by atoms with Crippen molar-refractivity contribution in [1.29, 1.82) is 0 Å². The third-order valence-electron chi connectivity index (χ3n) is 3.40. The zero-order valence-electron chi connectivity index (χ0n) is 12.2. The number of thiazole rings is 1. The van der Waals surface area contributed by atoms with E-state index in [1.54, 1.807) is 22.7 Å². The number of ether oxygens (including phenoxy) is 1. The van der Waals surface area contributed by atoms with Gasteiger partial charge in [0.15, 0.2) is 0 Å². The largest absolute Gasteiger partial charge is 0.371 e. The average Bonchev–Trinajstić information content (AvgIpc) is 3.22. The number of unbranched alkanes of at least 4 members (excludes halogenated alkanes) is 1. The fourth-order valence-electron chi connectivity index (χ4n) is 2.24. The second kappa shape index (κ2) is 7.29. The van der Waals surface area contributed by atoms with Crippen molar-refractivity contribution in [2.75, 3.05) is 11.9 Å². The van der Waals surface area contributed by atoms with E-state index in [0.717, 1.165) is 47.6 Å². The maximum Gasteiger partial charge on any atom is 0.205 e. The highest BCUT2D eigenvalue weighted by atomic mass is 32.1. The monoisotopic (exact) mass is 324 g/mol. The minimum atomic E-state index is 0.214. The fourth-order valence-corrected chi connectivity index (χ4v) is 3.96. The van der Waals surface area contributed by atoms with Gasteiger partial charge < -0.3 is 10.1 Å². The van der Waals surface area contributed by atoms with Gasteiger partial charge in [-0.3, -0.25) is 0 Å². The molecule has 0 aliphatic carbocycles. The van der Waals surface area contributed by atoms with Gasteiger partial charge in [0.1, 0.15) is 16.1 Å². The minimum Gasteiger partial charge on any atom is -0.371 e. The van der Waals surface area contributed by atoms with E-state index in [9.17, 15) is 0 Å². The van der Waals surface area contributed by atoms with Crippen molar-refractivity contribution in [2.24, 2.45) is 0 Å². The molecule has 5 nitrogen and oxygen atoms in total. The lowest BCUT2D eigenvalue weighted by atomic mass is 10.2. The van der Waals surface area contributed by atoms with Crippen molar-refractivity contribution in [2.45, 2.75) is 51.7 Å². The van der Waals surface area contributed by atoms with Gasteiger partial charge in [0, 0.05) is 24.1 Å². The van der Waals surface area contributed by atoms with E-state index < -0.39 is 0 Å². The van der Waals surface area contributed by atoms with Crippen molar-refractivity contribution >= 4 is 27.8 Å². The standard InChI is InChI=1S/C14H20N4OS2/c1-2-3-6-12-17-18-14(21-12)16-9-10-8-15-13(20-10)11-5-4-7-19-11/h8,11H,2-7,9H2,1H3,(H,16,18)/t11-/m0/s1. The minimum absolute atomic E-state index is 0.214. The predicted molar refractivity (Wildman–Crippen MR) is 85.9 cm³/mol. The summed E-state index contributed by atoms with van der Waals surface area (Å²) in [6.45, 7) is 3.81. The summed E-state index contributed by atoms with van der Waals surface area (Å²) in [5.41, 5.74) is 0. The maximum atomic E-state index is 5.66. The third-order valence-corrected chi connectivity index (χ3v) is 5.43. The number of hydrogen-bond donors (Lipinski definition) is 1. The zero-order valence-corrected chi connectivity index (χ0v) is 13.8. The number of aryl methyl sites for hydroxylation is 1. The highest BCUT2D eigenvalue weighted by Gasteiger charge is 2.20. The number of hydrogen-bond acceptors (Lipinski definition) is 7. The first-order valence-electron chi connectivity index (χ1n) is 7.47. The van der Waals surface area contributed by atoms with Crippen molar-refractivity contribution in [3.63, 3.8) is 0 Å². The highest BCUT2D eigenvalue weighted by molar-refractivity contribution is 7.15. The van der Waals surface area contributed by atoms with Crippen LogP contribution < -0.4 is 5.32 Å². The molecular formula is C14H20N4OS2. The van der Waals surface area contributed by atoms with Crippen molar-refractivity contribution in [1.82, 2.24) is 15.2 Å². The summed E-state index contributed by atoms with van der Waals surface area (Å²) >= 11 is 3.38. The summed E-state index contributed by atoms with van der Waals surface area (Å²) in [5, 5.41) is 14.8. The highest BCUT2D eigenvalue weighted by Crippen LogP contribution is 2.31. The number of aromatic nitrogens is 3. The summed E-state index contributed by atoms with van der Waals surface area (Å²) in [7, 11) is 0. The number of anilines is 1. The molecule has 3 rings (SSSR count). The molecule has 0 aromatic carbocycles. The van der Waals surface area contributed by atoms with Crippen LogP contribution in [-0.2, 0) is 17.7 Å². The molecule has 0 saturated carbocycles. The van der Waals surface area contributed by atoms with Gasteiger partial charge in [-0.1, -0.05) is 24.7 Å². The summed E-state index contributed by atoms with van der Waals surface area (Å²) in [4.78, 5) is 5.69. The van der Waals surface area contributed by atoms with Crippen LogP contribution in [0.3, 0.4) is 0 Å². The van der Waals surface area contributed by atoms with E-state index in [2.05, 4.69) is 27.4 Å². The zero-order chi connectivity index (χ0) is 14.5. The Morgan fingerprint density at radius 2 is 2.33 bits per heavy atom. The lowest BCUT2D eigenvalue weighted by Gasteiger charge is -2.03. The number of rotatable bonds is 7. The van der Waals surface area contributed by atoms with E-state index in [-0.39, 0.29) is 6.10 Å². The Kier molecular flexibility index (Phi) is 5.16. The van der Waals surface area contributed by atoms with Crippen LogP contribution in [0, 0.1) is 0 Å². The second-order valence-corrected chi connectivity index (χ2v) is 7.33. The molecule has 0 amide bonds. The smallest absolute Gasteiger partial charge is 0.205 e. The Labute approximate surface area is 132 Å². The summed E-state index contributed by atoms with van der Waals surface area (Å²) < 4.78 is 5.66. The first-order chi connectivity index (χ1) is 10.3. The van der Waals surface area contributed by atoms with Crippen LogP contribution in [0.25, 0.3) is 0 Å². The van der Waals surface area contributed by atoms with Gasteiger partial charge in [-0.15, -0.1) is 21.5 Å². The lowest BCUT2D eigenvalue weighted by Crippen LogP contribution is -1.96. The molecule has 3 heterocycles. The number of nitrogens with zero attached hydrogens (tertiary/aromatic N) is 3. The molecule has 1 N–H and O–H groups in total. The molecule has 2 aromatic heterocycles. The molecule has 2 aromatic rings. The van der Waals surface area contributed by atoms with Crippen LogP contribution in [-0.4, -0.2) is 21.8 Å².